The molecule has 4 heteroatoms. The number of nitrogens with zero attached hydrogens (tertiary/aromatic N) is 1. The highest BCUT2D eigenvalue weighted by Gasteiger charge is 2.27. The normalized spacial score (nSPS) is 12.8. The minimum atomic E-state index is -1.16. The van der Waals surface area contributed by atoms with Gasteiger partial charge in [0.1, 0.15) is 7.75 Å². The van der Waals surface area contributed by atoms with Crippen molar-refractivity contribution in [3.05, 3.63) is 35.9 Å². The van der Waals surface area contributed by atoms with Gasteiger partial charge in [-0.2, -0.15) is 0 Å². The average molecular weight is 253 g/mol. The van der Waals surface area contributed by atoms with Crippen LogP contribution in [0.1, 0.15) is 5.56 Å². The molecular formula is C12H23NOSi2. The zero-order valence-electron chi connectivity index (χ0n) is 10.9. The Hall–Kier alpha value is -0.426. The highest BCUT2D eigenvalue weighted by atomic mass is 29.2. The van der Waals surface area contributed by atoms with Gasteiger partial charge >= 0.3 is 0 Å². The molecule has 2 nitrogen and oxygen atoms in total. The number of hydrogen-bond acceptors (Lipinski definition) is 2. The Morgan fingerprint density at radius 2 is 1.88 bits per heavy atom. The molecule has 16 heavy (non-hydrogen) atoms. The molecular weight excluding hydrogens is 230 g/mol. The van der Waals surface area contributed by atoms with Crippen molar-refractivity contribution in [3.8, 4) is 0 Å². The number of ether oxygens (including phenoxy) is 1. The van der Waals surface area contributed by atoms with Gasteiger partial charge in [-0.3, -0.25) is 0 Å². The van der Waals surface area contributed by atoms with Gasteiger partial charge < -0.3 is 9.30 Å². The van der Waals surface area contributed by atoms with E-state index in [1.807, 2.05) is 0 Å². The van der Waals surface area contributed by atoms with E-state index in [0.29, 0.717) is 0 Å². The summed E-state index contributed by atoms with van der Waals surface area (Å²) in [6, 6.07) is 10.7. The van der Waals surface area contributed by atoms with E-state index >= 15 is 0 Å². The summed E-state index contributed by atoms with van der Waals surface area (Å²) in [6.45, 7) is 9.14. The summed E-state index contributed by atoms with van der Waals surface area (Å²) in [7, 11) is 0.671. The van der Waals surface area contributed by atoms with E-state index in [1.54, 1.807) is 7.11 Å². The van der Waals surface area contributed by atoms with Gasteiger partial charge in [-0.1, -0.05) is 50.0 Å². The van der Waals surface area contributed by atoms with Crippen LogP contribution in [-0.2, 0) is 11.3 Å². The molecule has 0 aliphatic rings. The Bertz CT molecular complexity index is 303. The maximum atomic E-state index is 5.35. The molecule has 1 rings (SSSR count). The zero-order chi connectivity index (χ0) is 12.0. The molecule has 0 heterocycles. The third kappa shape index (κ3) is 3.86. The molecule has 0 aliphatic heterocycles. The monoisotopic (exact) mass is 253 g/mol. The van der Waals surface area contributed by atoms with Gasteiger partial charge in [-0.05, 0) is 5.56 Å². The van der Waals surface area contributed by atoms with Crippen molar-refractivity contribution in [2.75, 3.05) is 13.8 Å². The molecule has 0 bridgehead atoms. The molecule has 0 amide bonds. The molecule has 0 atom stereocenters. The molecule has 0 saturated carbocycles. The maximum absolute atomic E-state index is 5.35. The summed E-state index contributed by atoms with van der Waals surface area (Å²) in [4.78, 5) is 0. The van der Waals surface area contributed by atoms with Gasteiger partial charge in [0.25, 0.3) is 0 Å². The number of hydrogen-bond donors (Lipinski definition) is 0. The van der Waals surface area contributed by atoms with Crippen molar-refractivity contribution in [2.24, 2.45) is 0 Å². The van der Waals surface area contributed by atoms with Crippen LogP contribution in [-0.4, -0.2) is 35.2 Å². The fourth-order valence-electron chi connectivity index (χ4n) is 1.62. The van der Waals surface area contributed by atoms with Gasteiger partial charge in [0.15, 0.2) is 0 Å². The van der Waals surface area contributed by atoms with Crippen LogP contribution in [0.15, 0.2) is 30.3 Å². The Kier molecular flexibility index (Phi) is 5.41. The van der Waals surface area contributed by atoms with Crippen molar-refractivity contribution < 1.29 is 4.74 Å². The molecule has 90 valence electrons. The van der Waals surface area contributed by atoms with Gasteiger partial charge in [0.2, 0.25) is 0 Å². The second kappa shape index (κ2) is 6.34. The van der Waals surface area contributed by atoms with Crippen LogP contribution in [0.4, 0.5) is 0 Å². The Morgan fingerprint density at radius 3 is 2.38 bits per heavy atom. The molecule has 0 N–H and O–H groups in total. The third-order valence-corrected chi connectivity index (χ3v) is 13.5. The van der Waals surface area contributed by atoms with E-state index in [9.17, 15) is 0 Å². The minimum Gasteiger partial charge on any atom is -0.370 e. The fourth-order valence-corrected chi connectivity index (χ4v) is 5.10. The first-order valence-electron chi connectivity index (χ1n) is 5.88. The highest BCUT2D eigenvalue weighted by Crippen LogP contribution is 2.13. The highest BCUT2D eigenvalue weighted by molar-refractivity contribution is 7.21. The van der Waals surface area contributed by atoms with Crippen LogP contribution in [0.3, 0.4) is 0 Å². The summed E-state index contributed by atoms with van der Waals surface area (Å²) in [5.74, 6) is 0. The van der Waals surface area contributed by atoms with Crippen LogP contribution in [0, 0.1) is 0 Å². The Balaban J connectivity index is 2.72. The number of benzene rings is 1. The van der Waals surface area contributed by atoms with E-state index < -0.39 is 7.75 Å². The lowest BCUT2D eigenvalue weighted by Crippen LogP contribution is -2.53. The third-order valence-electron chi connectivity index (χ3n) is 3.22. The van der Waals surface area contributed by atoms with Crippen LogP contribution < -0.4 is 0 Å². The van der Waals surface area contributed by atoms with Crippen molar-refractivity contribution in [2.45, 2.75) is 26.2 Å². The summed E-state index contributed by atoms with van der Waals surface area (Å²) >= 11 is 0. The number of rotatable bonds is 6. The summed E-state index contributed by atoms with van der Waals surface area (Å²) in [5, 5.41) is 0. The second-order valence-corrected chi connectivity index (χ2v) is 17.0. The van der Waals surface area contributed by atoms with Crippen molar-refractivity contribution in [3.63, 3.8) is 0 Å². The standard InChI is InChI=1S/C12H23NOSi2/c1-14-11-13(16(3,4)15-2)10-12-8-6-5-7-9-12/h5-9H,10-11,15H2,1-4H3. The molecule has 0 unspecified atom stereocenters. The van der Waals surface area contributed by atoms with E-state index in [4.69, 9.17) is 4.74 Å². The Labute approximate surface area is 102 Å². The zero-order valence-corrected chi connectivity index (χ0v) is 13.3. The first kappa shape index (κ1) is 13.6. The number of methoxy groups -OCH3 is 1. The van der Waals surface area contributed by atoms with Crippen LogP contribution in [0.5, 0.6) is 0 Å². The van der Waals surface area contributed by atoms with Gasteiger partial charge in [-0.25, -0.2) is 0 Å². The van der Waals surface area contributed by atoms with Gasteiger partial charge in [0.05, 0.1) is 6.73 Å². The quantitative estimate of drug-likeness (QED) is 0.568. The largest absolute Gasteiger partial charge is 0.370 e. The molecule has 0 aromatic heterocycles. The predicted octanol–water partition coefficient (Wildman–Crippen LogP) is 2.01. The predicted molar refractivity (Wildman–Crippen MR) is 75.8 cm³/mol. The van der Waals surface area contributed by atoms with Crippen molar-refractivity contribution in [1.29, 1.82) is 0 Å². The first-order chi connectivity index (χ1) is 7.60. The second-order valence-electron chi connectivity index (χ2n) is 4.77. The van der Waals surface area contributed by atoms with Crippen LogP contribution in [0.25, 0.3) is 0 Å². The summed E-state index contributed by atoms with van der Waals surface area (Å²) < 4.78 is 7.91. The van der Waals surface area contributed by atoms with Gasteiger partial charge in [0, 0.05) is 22.7 Å². The van der Waals surface area contributed by atoms with Crippen molar-refractivity contribution in [1.82, 2.24) is 4.57 Å². The van der Waals surface area contributed by atoms with E-state index in [1.165, 1.54) is 5.56 Å². The van der Waals surface area contributed by atoms with E-state index in [-0.39, 0.29) is 9.04 Å². The molecule has 1 aromatic carbocycles. The van der Waals surface area contributed by atoms with Crippen molar-refractivity contribution >= 4 is 16.8 Å². The van der Waals surface area contributed by atoms with E-state index in [2.05, 4.69) is 54.5 Å². The maximum Gasteiger partial charge on any atom is 0.108 e. The van der Waals surface area contributed by atoms with Gasteiger partial charge in [-0.15, -0.1) is 0 Å². The SMILES string of the molecule is COCN(Cc1ccccc1)[Si](C)(C)[SiH2]C. The lowest BCUT2D eigenvalue weighted by atomic mass is 10.2. The molecule has 0 saturated heterocycles. The molecule has 1 aromatic rings. The Morgan fingerprint density at radius 1 is 1.25 bits per heavy atom. The lowest BCUT2D eigenvalue weighted by molar-refractivity contribution is 0.109. The minimum absolute atomic E-state index is 0.0431. The summed E-state index contributed by atoms with van der Waals surface area (Å²) in [6.07, 6.45) is 0. The molecule has 0 fully saturated rings. The lowest BCUT2D eigenvalue weighted by Gasteiger charge is -2.35. The molecule has 0 spiro atoms. The topological polar surface area (TPSA) is 12.5 Å². The summed E-state index contributed by atoms with van der Waals surface area (Å²) in [5.41, 5.74) is 1.39. The molecule has 0 radical (unpaired) electrons. The van der Waals surface area contributed by atoms with Crippen LogP contribution in [0.2, 0.25) is 19.6 Å². The molecule has 0 aliphatic carbocycles. The fraction of sp³-hybridized carbons (Fsp3) is 0.500. The average Bonchev–Trinajstić information content (AvgIpc) is 2.30. The smallest absolute Gasteiger partial charge is 0.108 e. The first-order valence-corrected chi connectivity index (χ1v) is 12.6. The van der Waals surface area contributed by atoms with E-state index in [0.717, 1.165) is 13.3 Å². The van der Waals surface area contributed by atoms with Crippen LogP contribution >= 0.6 is 0 Å².